The molecule has 0 fully saturated rings. The highest BCUT2D eigenvalue weighted by atomic mass is 32.2. The van der Waals surface area contributed by atoms with Crippen LogP contribution in [0.15, 0.2) is 0 Å². The lowest BCUT2D eigenvalue weighted by Crippen LogP contribution is -2.35. The molecule has 16 heavy (non-hydrogen) atoms. The molecule has 0 radical (unpaired) electrons. The second-order valence-corrected chi connectivity index (χ2v) is 11.2. The highest BCUT2D eigenvalue weighted by molar-refractivity contribution is 7.99. The minimum atomic E-state index is -0.902. The third-order valence-electron chi connectivity index (χ3n) is 3.74. The molecule has 0 aromatic heterocycles. The van der Waals surface area contributed by atoms with E-state index in [4.69, 9.17) is 5.11 Å². The average molecular weight is 264 g/mol. The van der Waals surface area contributed by atoms with Crippen LogP contribution in [0.4, 0.5) is 0 Å². The molecular formula is C12H29NOSSi. The van der Waals surface area contributed by atoms with Gasteiger partial charge in [0.15, 0.2) is 0 Å². The second kappa shape index (κ2) is 10.6. The van der Waals surface area contributed by atoms with Gasteiger partial charge in [0.2, 0.25) is 0 Å². The molecule has 0 amide bonds. The number of rotatable bonds is 11. The molecule has 0 aromatic rings. The summed E-state index contributed by atoms with van der Waals surface area (Å²) in [5.41, 5.74) is 0. The highest BCUT2D eigenvalue weighted by Gasteiger charge is 2.25. The van der Waals surface area contributed by atoms with E-state index in [0.29, 0.717) is 6.61 Å². The van der Waals surface area contributed by atoms with Gasteiger partial charge in [-0.25, -0.2) is 0 Å². The monoisotopic (exact) mass is 263 g/mol. The first-order valence-corrected chi connectivity index (χ1v) is 10.6. The predicted octanol–water partition coefficient (Wildman–Crippen LogP) is 2.81. The summed E-state index contributed by atoms with van der Waals surface area (Å²) in [6, 6.07) is 5.73. The lowest BCUT2D eigenvalue weighted by Gasteiger charge is -2.28. The molecule has 2 N–H and O–H groups in total. The maximum Gasteiger partial charge on any atom is 0.0540 e. The molecule has 4 heteroatoms. The maximum atomic E-state index is 8.64. The van der Waals surface area contributed by atoms with Gasteiger partial charge in [0, 0.05) is 18.1 Å². The topological polar surface area (TPSA) is 32.3 Å². The Morgan fingerprint density at radius 3 is 2.12 bits per heavy atom. The minimum Gasteiger partial charge on any atom is -0.396 e. The Kier molecular flexibility index (Phi) is 11.0. The van der Waals surface area contributed by atoms with Crippen molar-refractivity contribution in [1.82, 2.24) is 5.32 Å². The Bertz CT molecular complexity index is 146. The average Bonchev–Trinajstić information content (AvgIpc) is 2.34. The van der Waals surface area contributed by atoms with Crippen molar-refractivity contribution in [3.8, 4) is 0 Å². The maximum absolute atomic E-state index is 8.64. The van der Waals surface area contributed by atoms with Crippen molar-refractivity contribution in [3.63, 3.8) is 0 Å². The molecule has 98 valence electrons. The van der Waals surface area contributed by atoms with Gasteiger partial charge in [-0.1, -0.05) is 38.9 Å². The summed E-state index contributed by atoms with van der Waals surface area (Å²) in [6.07, 6.45) is 0. The van der Waals surface area contributed by atoms with Crippen molar-refractivity contribution in [2.24, 2.45) is 0 Å². The largest absolute Gasteiger partial charge is 0.396 e. The van der Waals surface area contributed by atoms with Crippen molar-refractivity contribution in [1.29, 1.82) is 0 Å². The molecule has 0 atom stereocenters. The van der Waals surface area contributed by atoms with E-state index in [2.05, 4.69) is 26.1 Å². The molecule has 0 aromatic carbocycles. The van der Waals surface area contributed by atoms with E-state index in [1.54, 1.807) is 0 Å². The predicted molar refractivity (Wildman–Crippen MR) is 79.3 cm³/mol. The molecule has 0 unspecified atom stereocenters. The van der Waals surface area contributed by atoms with Crippen LogP contribution in [0.25, 0.3) is 0 Å². The SMILES string of the molecule is CC[Si](CC)(CC)CCNCCSCCO. The van der Waals surface area contributed by atoms with Crippen molar-refractivity contribution < 1.29 is 5.11 Å². The van der Waals surface area contributed by atoms with Gasteiger partial charge in [-0.05, 0) is 12.6 Å². The third-order valence-corrected chi connectivity index (χ3v) is 10.5. The van der Waals surface area contributed by atoms with Crippen molar-refractivity contribution >= 4 is 19.8 Å². The van der Waals surface area contributed by atoms with Crippen LogP contribution < -0.4 is 5.32 Å². The molecule has 0 saturated carbocycles. The van der Waals surface area contributed by atoms with Crippen LogP contribution in [-0.2, 0) is 0 Å². The van der Waals surface area contributed by atoms with E-state index >= 15 is 0 Å². The van der Waals surface area contributed by atoms with Crippen LogP contribution in [0, 0.1) is 0 Å². The fraction of sp³-hybridized carbons (Fsp3) is 1.00. The molecule has 0 saturated heterocycles. The Morgan fingerprint density at radius 1 is 1.00 bits per heavy atom. The minimum absolute atomic E-state index is 0.308. The van der Waals surface area contributed by atoms with Gasteiger partial charge < -0.3 is 10.4 Å². The van der Waals surface area contributed by atoms with Gasteiger partial charge in [0.1, 0.15) is 0 Å². The molecule has 0 spiro atoms. The summed E-state index contributed by atoms with van der Waals surface area (Å²) >= 11 is 1.83. The van der Waals surface area contributed by atoms with Gasteiger partial charge in [-0.15, -0.1) is 0 Å². The molecular weight excluding hydrogens is 234 g/mol. The quantitative estimate of drug-likeness (QED) is 0.444. The fourth-order valence-corrected chi connectivity index (χ4v) is 5.96. The Morgan fingerprint density at radius 2 is 1.62 bits per heavy atom. The number of aliphatic hydroxyl groups excluding tert-OH is 1. The van der Waals surface area contributed by atoms with Crippen LogP contribution >= 0.6 is 11.8 Å². The Hall–Kier alpha value is 0.487. The summed E-state index contributed by atoms with van der Waals surface area (Å²) in [5.74, 6) is 2.00. The molecule has 0 aliphatic carbocycles. The zero-order valence-corrected chi connectivity index (χ0v) is 13.0. The first kappa shape index (κ1) is 16.5. The lowest BCUT2D eigenvalue weighted by molar-refractivity contribution is 0.322. The Labute approximate surface area is 107 Å². The fourth-order valence-electron chi connectivity index (χ4n) is 2.07. The highest BCUT2D eigenvalue weighted by Crippen LogP contribution is 2.24. The summed E-state index contributed by atoms with van der Waals surface area (Å²) in [6.45, 7) is 9.71. The van der Waals surface area contributed by atoms with E-state index in [9.17, 15) is 0 Å². The van der Waals surface area contributed by atoms with Crippen LogP contribution in [0.3, 0.4) is 0 Å². The summed E-state index contributed by atoms with van der Waals surface area (Å²) in [5, 5.41) is 12.2. The molecule has 0 aliphatic heterocycles. The number of thioether (sulfide) groups is 1. The van der Waals surface area contributed by atoms with Gasteiger partial charge in [-0.3, -0.25) is 0 Å². The van der Waals surface area contributed by atoms with Crippen LogP contribution in [0.5, 0.6) is 0 Å². The zero-order valence-electron chi connectivity index (χ0n) is 11.2. The molecule has 2 nitrogen and oxygen atoms in total. The van der Waals surface area contributed by atoms with E-state index in [0.717, 1.165) is 18.1 Å². The summed E-state index contributed by atoms with van der Waals surface area (Å²) in [4.78, 5) is 0. The lowest BCUT2D eigenvalue weighted by atomic mass is 10.6. The van der Waals surface area contributed by atoms with Crippen LogP contribution in [0.2, 0.25) is 24.2 Å². The molecule has 0 bridgehead atoms. The third kappa shape index (κ3) is 6.94. The number of hydrogen-bond donors (Lipinski definition) is 2. The number of nitrogens with one attached hydrogen (secondary N) is 1. The van der Waals surface area contributed by atoms with E-state index < -0.39 is 8.07 Å². The van der Waals surface area contributed by atoms with Gasteiger partial charge in [0.25, 0.3) is 0 Å². The summed E-state index contributed by atoms with van der Waals surface area (Å²) in [7, 11) is -0.902. The molecule has 0 rings (SSSR count). The Balaban J connectivity index is 3.48. The van der Waals surface area contributed by atoms with Gasteiger partial charge in [0.05, 0.1) is 14.7 Å². The van der Waals surface area contributed by atoms with Crippen LogP contribution in [-0.4, -0.2) is 44.4 Å². The van der Waals surface area contributed by atoms with E-state index in [-0.39, 0.29) is 0 Å². The van der Waals surface area contributed by atoms with Gasteiger partial charge >= 0.3 is 0 Å². The normalized spacial score (nSPS) is 12.0. The zero-order chi connectivity index (χ0) is 12.3. The van der Waals surface area contributed by atoms with E-state index in [1.807, 2.05) is 11.8 Å². The van der Waals surface area contributed by atoms with E-state index in [1.165, 1.54) is 30.7 Å². The first-order valence-electron chi connectivity index (χ1n) is 6.64. The standard InChI is InChI=1S/C12H29NOSSi/c1-4-16(5-2,6-3)12-8-13-7-10-15-11-9-14/h13-14H,4-12H2,1-3H3. The number of hydrogen-bond acceptors (Lipinski definition) is 3. The molecule has 0 aliphatic rings. The first-order chi connectivity index (χ1) is 7.74. The van der Waals surface area contributed by atoms with Crippen molar-refractivity contribution in [2.45, 2.75) is 44.9 Å². The molecule has 0 heterocycles. The summed E-state index contributed by atoms with van der Waals surface area (Å²) < 4.78 is 0. The van der Waals surface area contributed by atoms with Crippen LogP contribution in [0.1, 0.15) is 20.8 Å². The smallest absolute Gasteiger partial charge is 0.0540 e. The van der Waals surface area contributed by atoms with Gasteiger partial charge in [-0.2, -0.15) is 11.8 Å². The second-order valence-electron chi connectivity index (χ2n) is 4.40. The van der Waals surface area contributed by atoms with Crippen molar-refractivity contribution in [2.75, 3.05) is 31.2 Å². The van der Waals surface area contributed by atoms with Crippen molar-refractivity contribution in [3.05, 3.63) is 0 Å². The number of aliphatic hydroxyl groups is 1.